The van der Waals surface area contributed by atoms with Crippen LogP contribution in [0.5, 0.6) is 0 Å². The molecule has 0 aromatic heterocycles. The summed E-state index contributed by atoms with van der Waals surface area (Å²) in [7, 11) is 0. The summed E-state index contributed by atoms with van der Waals surface area (Å²) >= 11 is 0. The zero-order valence-electron chi connectivity index (χ0n) is 12.4. The van der Waals surface area contributed by atoms with Crippen LogP contribution in [-0.2, 0) is 0 Å². The molecule has 0 saturated heterocycles. The number of allylic oxidation sites excluding steroid dienone is 2. The Morgan fingerprint density at radius 2 is 1.32 bits per heavy atom. The third-order valence-corrected chi connectivity index (χ3v) is 3.60. The van der Waals surface area contributed by atoms with E-state index in [-0.39, 0.29) is 0 Å². The van der Waals surface area contributed by atoms with Crippen LogP contribution in [0.15, 0.2) is 97.6 Å². The van der Waals surface area contributed by atoms with Gasteiger partial charge in [0.1, 0.15) is 0 Å². The average molecular weight is 281 g/mol. The summed E-state index contributed by atoms with van der Waals surface area (Å²) in [6, 6.07) is 32.2. The third kappa shape index (κ3) is 2.91. The summed E-state index contributed by atoms with van der Waals surface area (Å²) in [5, 5.41) is 0. The lowest BCUT2D eigenvalue weighted by Crippen LogP contribution is -1.93. The Morgan fingerprint density at radius 1 is 0.727 bits per heavy atom. The molecule has 105 valence electrons. The normalized spacial score (nSPS) is 11.6. The van der Waals surface area contributed by atoms with Gasteiger partial charge < -0.3 is 0 Å². The van der Waals surface area contributed by atoms with Crippen molar-refractivity contribution in [1.82, 2.24) is 0 Å². The first kappa shape index (κ1) is 14.1. The molecule has 22 heavy (non-hydrogen) atoms. The van der Waals surface area contributed by atoms with Gasteiger partial charge in [0.15, 0.2) is 0 Å². The van der Waals surface area contributed by atoms with Crippen molar-refractivity contribution in [2.45, 2.75) is 0 Å². The Morgan fingerprint density at radius 3 is 1.86 bits per heavy atom. The Labute approximate surface area is 132 Å². The minimum Gasteiger partial charge on any atom is -0.0984 e. The van der Waals surface area contributed by atoms with Crippen LogP contribution in [0, 0.1) is 6.07 Å². The van der Waals surface area contributed by atoms with Gasteiger partial charge in [0.2, 0.25) is 0 Å². The lowest BCUT2D eigenvalue weighted by molar-refractivity contribution is 1.53. The van der Waals surface area contributed by atoms with Crippen LogP contribution in [0.4, 0.5) is 0 Å². The first-order valence-corrected chi connectivity index (χ1v) is 7.35. The molecule has 0 aliphatic carbocycles. The number of rotatable bonds is 4. The molecule has 0 heteroatoms. The number of hydrogen-bond donors (Lipinski definition) is 0. The molecule has 3 aromatic rings. The van der Waals surface area contributed by atoms with Gasteiger partial charge in [-0.15, -0.1) is 0 Å². The molecule has 0 nitrogen and oxygen atoms in total. The molecule has 3 rings (SSSR count). The molecular weight excluding hydrogens is 264 g/mol. The van der Waals surface area contributed by atoms with Crippen molar-refractivity contribution in [1.29, 1.82) is 0 Å². The lowest BCUT2D eigenvalue weighted by atomic mass is 9.89. The van der Waals surface area contributed by atoms with E-state index >= 15 is 0 Å². The van der Waals surface area contributed by atoms with Crippen molar-refractivity contribution in [3.8, 4) is 0 Å². The topological polar surface area (TPSA) is 0 Å². The SMILES string of the molecule is C=C/C(=C(/c1[c]cccc1)c1ccccc1)c1ccccc1. The molecule has 0 unspecified atom stereocenters. The van der Waals surface area contributed by atoms with E-state index in [2.05, 4.69) is 67.2 Å². The standard InChI is InChI=1S/C22H17/c1-2-21(18-12-6-3-7-13-18)22(19-14-8-4-9-15-19)20-16-10-5-11-17-20/h2-16H,1H2/b22-21-. The first-order chi connectivity index (χ1) is 10.9. The van der Waals surface area contributed by atoms with E-state index in [0.29, 0.717) is 0 Å². The quantitative estimate of drug-likeness (QED) is 0.429. The van der Waals surface area contributed by atoms with Gasteiger partial charge in [-0.3, -0.25) is 0 Å². The predicted octanol–water partition coefficient (Wildman–Crippen LogP) is 5.63. The van der Waals surface area contributed by atoms with E-state index in [1.807, 2.05) is 36.4 Å². The van der Waals surface area contributed by atoms with Gasteiger partial charge in [-0.1, -0.05) is 97.6 Å². The van der Waals surface area contributed by atoms with E-state index in [9.17, 15) is 0 Å². The van der Waals surface area contributed by atoms with E-state index in [0.717, 1.165) is 22.3 Å². The van der Waals surface area contributed by atoms with Gasteiger partial charge in [-0.2, -0.15) is 0 Å². The highest BCUT2D eigenvalue weighted by Crippen LogP contribution is 2.32. The molecule has 0 fully saturated rings. The number of benzene rings is 3. The molecule has 0 aliphatic rings. The summed E-state index contributed by atoms with van der Waals surface area (Å²) in [5.41, 5.74) is 5.68. The van der Waals surface area contributed by atoms with Crippen molar-refractivity contribution < 1.29 is 0 Å². The van der Waals surface area contributed by atoms with E-state index in [1.54, 1.807) is 0 Å². The van der Waals surface area contributed by atoms with Crippen molar-refractivity contribution >= 4 is 11.1 Å². The van der Waals surface area contributed by atoms with E-state index in [1.165, 1.54) is 5.56 Å². The third-order valence-electron chi connectivity index (χ3n) is 3.60. The smallest absolute Gasteiger partial charge is 0.00268 e. The van der Waals surface area contributed by atoms with Crippen molar-refractivity contribution in [2.75, 3.05) is 0 Å². The molecular formula is C22H17. The fourth-order valence-electron chi connectivity index (χ4n) is 2.59. The summed E-state index contributed by atoms with van der Waals surface area (Å²) in [6.07, 6.45) is 1.93. The van der Waals surface area contributed by atoms with Crippen molar-refractivity contribution in [3.05, 3.63) is 120 Å². The fourth-order valence-corrected chi connectivity index (χ4v) is 2.59. The van der Waals surface area contributed by atoms with Crippen LogP contribution >= 0.6 is 0 Å². The Hall–Kier alpha value is -2.86. The van der Waals surface area contributed by atoms with Gasteiger partial charge in [0.05, 0.1) is 0 Å². The summed E-state index contributed by atoms with van der Waals surface area (Å²) < 4.78 is 0. The monoisotopic (exact) mass is 281 g/mol. The maximum Gasteiger partial charge on any atom is -0.00268 e. The molecule has 0 atom stereocenters. The maximum absolute atomic E-state index is 4.04. The maximum atomic E-state index is 4.04. The highest BCUT2D eigenvalue weighted by molar-refractivity contribution is 6.01. The highest BCUT2D eigenvalue weighted by Gasteiger charge is 2.11. The molecule has 0 heterocycles. The zero-order valence-corrected chi connectivity index (χ0v) is 12.4. The minimum atomic E-state index is 1.08. The molecule has 0 aliphatic heterocycles. The van der Waals surface area contributed by atoms with Gasteiger partial charge in [0, 0.05) is 0 Å². The second-order valence-corrected chi connectivity index (χ2v) is 5.00. The predicted molar refractivity (Wildman–Crippen MR) is 94.3 cm³/mol. The molecule has 0 amide bonds. The zero-order chi connectivity index (χ0) is 15.2. The van der Waals surface area contributed by atoms with Crippen molar-refractivity contribution in [2.24, 2.45) is 0 Å². The van der Waals surface area contributed by atoms with Gasteiger partial charge in [-0.05, 0) is 33.9 Å². The van der Waals surface area contributed by atoms with Gasteiger partial charge in [-0.25, -0.2) is 0 Å². The number of hydrogen-bond acceptors (Lipinski definition) is 0. The van der Waals surface area contributed by atoms with E-state index in [4.69, 9.17) is 0 Å². The Balaban J connectivity index is 2.29. The second kappa shape index (κ2) is 6.73. The Kier molecular flexibility index (Phi) is 4.31. The van der Waals surface area contributed by atoms with Crippen molar-refractivity contribution in [3.63, 3.8) is 0 Å². The highest BCUT2D eigenvalue weighted by atomic mass is 14.1. The van der Waals surface area contributed by atoms with Crippen LogP contribution in [-0.4, -0.2) is 0 Å². The van der Waals surface area contributed by atoms with Crippen LogP contribution < -0.4 is 0 Å². The van der Waals surface area contributed by atoms with Crippen LogP contribution in [0.2, 0.25) is 0 Å². The lowest BCUT2D eigenvalue weighted by Gasteiger charge is -2.14. The molecule has 0 bridgehead atoms. The molecule has 0 N–H and O–H groups in total. The molecule has 1 radical (unpaired) electrons. The first-order valence-electron chi connectivity index (χ1n) is 7.35. The summed E-state index contributed by atoms with van der Waals surface area (Å²) in [6.45, 7) is 4.04. The molecule has 0 spiro atoms. The van der Waals surface area contributed by atoms with Crippen LogP contribution in [0.1, 0.15) is 16.7 Å². The average Bonchev–Trinajstić information content (AvgIpc) is 2.62. The van der Waals surface area contributed by atoms with Crippen LogP contribution in [0.25, 0.3) is 11.1 Å². The van der Waals surface area contributed by atoms with E-state index < -0.39 is 0 Å². The van der Waals surface area contributed by atoms with Gasteiger partial charge >= 0.3 is 0 Å². The van der Waals surface area contributed by atoms with Gasteiger partial charge in [0.25, 0.3) is 0 Å². The largest absolute Gasteiger partial charge is 0.0984 e. The Bertz CT molecular complexity index is 725. The minimum absolute atomic E-state index is 1.08. The molecule has 3 aromatic carbocycles. The van der Waals surface area contributed by atoms with Crippen LogP contribution in [0.3, 0.4) is 0 Å². The summed E-state index contributed by atoms with van der Waals surface area (Å²) in [4.78, 5) is 0. The summed E-state index contributed by atoms with van der Waals surface area (Å²) in [5.74, 6) is 0. The second-order valence-electron chi connectivity index (χ2n) is 5.00. The molecule has 0 saturated carbocycles. The fraction of sp³-hybridized carbons (Fsp3) is 0.